The van der Waals surface area contributed by atoms with Crippen LogP contribution in [0.25, 0.3) is 0 Å². The maximum absolute atomic E-state index is 12.7. The maximum Gasteiger partial charge on any atom is 0.414 e. The third-order valence-corrected chi connectivity index (χ3v) is 7.45. The predicted octanol–water partition coefficient (Wildman–Crippen LogP) is 2.33. The number of piperazine rings is 1. The van der Waals surface area contributed by atoms with E-state index in [-0.39, 0.29) is 5.91 Å². The monoisotopic (exact) mass is 563 g/mol. The Hall–Kier alpha value is -3.81. The number of rotatable bonds is 5. The molecule has 2 aliphatic rings. The topological polar surface area (TPSA) is 185 Å². The molecule has 2 heterocycles. The molecule has 5 N–H and O–H groups in total. The van der Waals surface area contributed by atoms with E-state index in [2.05, 4.69) is 22.0 Å². The second-order valence-electron chi connectivity index (χ2n) is 8.77. The lowest BCUT2D eigenvalue weighted by Gasteiger charge is -2.34. The fourth-order valence-corrected chi connectivity index (χ4v) is 5.45. The summed E-state index contributed by atoms with van der Waals surface area (Å²) in [5.41, 5.74) is 3.63. The van der Waals surface area contributed by atoms with Crippen LogP contribution in [-0.2, 0) is 38.6 Å². The lowest BCUT2D eigenvalue weighted by molar-refractivity contribution is -0.159. The van der Waals surface area contributed by atoms with Crippen LogP contribution in [0.4, 0.5) is 5.00 Å². The SMILES string of the molecule is CCN1CCN(Cc2c(NC(=O)c3ccccc3)sc3c2CCCC3)CC1.O=C(O)C(=O)O.O=C(O)C(=O)O. The quantitative estimate of drug-likeness (QED) is 0.336. The molecule has 2 aromatic rings. The largest absolute Gasteiger partial charge is 0.473 e. The smallest absolute Gasteiger partial charge is 0.414 e. The Labute approximate surface area is 229 Å². The Morgan fingerprint density at radius 3 is 1.82 bits per heavy atom. The number of anilines is 1. The van der Waals surface area contributed by atoms with Crippen molar-refractivity contribution in [2.24, 2.45) is 0 Å². The van der Waals surface area contributed by atoms with Gasteiger partial charge in [0, 0.05) is 48.7 Å². The first-order chi connectivity index (χ1) is 18.5. The van der Waals surface area contributed by atoms with Crippen LogP contribution in [0, 0.1) is 0 Å². The number of carbonyl (C=O) groups excluding carboxylic acids is 1. The maximum atomic E-state index is 12.7. The van der Waals surface area contributed by atoms with Crippen molar-refractivity contribution >= 4 is 46.1 Å². The fraction of sp³-hybridized carbons (Fsp3) is 0.423. The molecule has 0 spiro atoms. The van der Waals surface area contributed by atoms with Gasteiger partial charge in [-0.3, -0.25) is 9.69 Å². The van der Waals surface area contributed by atoms with E-state index < -0.39 is 23.9 Å². The molecule has 1 saturated heterocycles. The lowest BCUT2D eigenvalue weighted by Crippen LogP contribution is -2.45. The molecular formula is C26H33N3O9S. The van der Waals surface area contributed by atoms with Crippen LogP contribution < -0.4 is 5.32 Å². The first-order valence-electron chi connectivity index (χ1n) is 12.4. The van der Waals surface area contributed by atoms with Gasteiger partial charge in [-0.15, -0.1) is 11.3 Å². The molecule has 0 saturated carbocycles. The number of carbonyl (C=O) groups is 5. The van der Waals surface area contributed by atoms with Gasteiger partial charge in [0.25, 0.3) is 5.91 Å². The minimum Gasteiger partial charge on any atom is -0.473 e. The molecule has 1 aliphatic heterocycles. The molecular weight excluding hydrogens is 530 g/mol. The molecule has 0 atom stereocenters. The molecule has 1 fully saturated rings. The van der Waals surface area contributed by atoms with Gasteiger partial charge in [-0.25, -0.2) is 19.2 Å². The molecule has 0 unspecified atom stereocenters. The molecule has 39 heavy (non-hydrogen) atoms. The molecule has 12 nitrogen and oxygen atoms in total. The zero-order valence-corrected chi connectivity index (χ0v) is 22.4. The standard InChI is InChI=1S/C22H29N3OS.2C2H2O4/c1-2-24-12-14-25(15-13-24)16-19-18-10-6-7-11-20(18)27-22(19)23-21(26)17-8-4-3-5-9-17;2*3-1(4)2(5)6/h3-5,8-9H,2,6-7,10-16H2,1H3,(H,23,26);2*(H,3,4)(H,5,6). The number of hydrogen-bond donors (Lipinski definition) is 5. The van der Waals surface area contributed by atoms with Crippen molar-refractivity contribution in [1.82, 2.24) is 9.80 Å². The van der Waals surface area contributed by atoms with Gasteiger partial charge < -0.3 is 30.6 Å². The Bertz CT molecular complexity index is 1110. The molecule has 1 aliphatic carbocycles. The Balaban J connectivity index is 0.000000374. The number of nitrogens with one attached hydrogen (secondary N) is 1. The highest BCUT2D eigenvalue weighted by Gasteiger charge is 2.25. The number of likely N-dealkylation sites (N-methyl/N-ethyl adjacent to an activating group) is 1. The van der Waals surface area contributed by atoms with Crippen molar-refractivity contribution in [3.8, 4) is 0 Å². The summed E-state index contributed by atoms with van der Waals surface area (Å²) in [7, 11) is 0. The van der Waals surface area contributed by atoms with Gasteiger partial charge in [0.1, 0.15) is 5.00 Å². The average molecular weight is 564 g/mol. The number of carboxylic acids is 4. The number of nitrogens with zero attached hydrogens (tertiary/aromatic N) is 2. The molecule has 0 radical (unpaired) electrons. The van der Waals surface area contributed by atoms with Gasteiger partial charge in [-0.05, 0) is 49.9 Å². The van der Waals surface area contributed by atoms with Crippen LogP contribution in [0.5, 0.6) is 0 Å². The van der Waals surface area contributed by atoms with E-state index in [0.717, 1.165) is 62.7 Å². The van der Waals surface area contributed by atoms with Crippen LogP contribution in [-0.4, -0.2) is 92.7 Å². The molecule has 1 amide bonds. The van der Waals surface area contributed by atoms with E-state index in [4.69, 9.17) is 39.6 Å². The number of aliphatic carboxylic acids is 4. The summed E-state index contributed by atoms with van der Waals surface area (Å²) in [6.45, 7) is 8.87. The molecule has 4 rings (SSSR count). The van der Waals surface area contributed by atoms with E-state index >= 15 is 0 Å². The molecule has 13 heteroatoms. The number of aryl methyl sites for hydroxylation is 1. The van der Waals surface area contributed by atoms with Crippen molar-refractivity contribution in [3.63, 3.8) is 0 Å². The van der Waals surface area contributed by atoms with Gasteiger partial charge in [-0.2, -0.15) is 0 Å². The summed E-state index contributed by atoms with van der Waals surface area (Å²) >= 11 is 1.81. The number of carboxylic acid groups (broad SMARTS) is 4. The Morgan fingerprint density at radius 2 is 1.31 bits per heavy atom. The summed E-state index contributed by atoms with van der Waals surface area (Å²) < 4.78 is 0. The molecule has 1 aromatic heterocycles. The van der Waals surface area contributed by atoms with E-state index in [9.17, 15) is 4.79 Å². The second kappa shape index (κ2) is 15.6. The molecule has 0 bridgehead atoms. The zero-order chi connectivity index (χ0) is 28.9. The van der Waals surface area contributed by atoms with Crippen molar-refractivity contribution in [1.29, 1.82) is 0 Å². The minimum atomic E-state index is -1.82. The zero-order valence-electron chi connectivity index (χ0n) is 21.6. The first-order valence-corrected chi connectivity index (χ1v) is 13.2. The fourth-order valence-electron chi connectivity index (χ4n) is 4.15. The number of fused-ring (bicyclic) bond motifs is 1. The highest BCUT2D eigenvalue weighted by Crippen LogP contribution is 2.39. The van der Waals surface area contributed by atoms with Crippen molar-refractivity contribution < 1.29 is 44.4 Å². The van der Waals surface area contributed by atoms with Crippen molar-refractivity contribution in [3.05, 3.63) is 51.9 Å². The van der Waals surface area contributed by atoms with Crippen LogP contribution in [0.1, 0.15) is 46.1 Å². The molecule has 212 valence electrons. The van der Waals surface area contributed by atoms with Crippen molar-refractivity contribution in [2.45, 2.75) is 39.2 Å². The van der Waals surface area contributed by atoms with Gasteiger partial charge in [0.15, 0.2) is 0 Å². The normalized spacial score (nSPS) is 14.9. The van der Waals surface area contributed by atoms with Gasteiger partial charge in [-0.1, -0.05) is 25.1 Å². The van der Waals surface area contributed by atoms with Crippen LogP contribution >= 0.6 is 11.3 Å². The summed E-state index contributed by atoms with van der Waals surface area (Å²) in [4.78, 5) is 55.7. The van der Waals surface area contributed by atoms with E-state index in [0.29, 0.717) is 0 Å². The highest BCUT2D eigenvalue weighted by atomic mass is 32.1. The first kappa shape index (κ1) is 31.4. The van der Waals surface area contributed by atoms with Crippen LogP contribution in [0.2, 0.25) is 0 Å². The third-order valence-electron chi connectivity index (χ3n) is 6.20. The van der Waals surface area contributed by atoms with Crippen LogP contribution in [0.3, 0.4) is 0 Å². The van der Waals surface area contributed by atoms with Crippen LogP contribution in [0.15, 0.2) is 30.3 Å². The summed E-state index contributed by atoms with van der Waals surface area (Å²) in [5.74, 6) is -7.29. The van der Waals surface area contributed by atoms with Gasteiger partial charge in [0.2, 0.25) is 0 Å². The summed E-state index contributed by atoms with van der Waals surface area (Å²) in [5, 5.41) is 33.9. The second-order valence-corrected chi connectivity index (χ2v) is 9.87. The van der Waals surface area contributed by atoms with Crippen molar-refractivity contribution in [2.75, 3.05) is 38.0 Å². The summed E-state index contributed by atoms with van der Waals surface area (Å²) in [6, 6.07) is 9.55. The number of amides is 1. The van der Waals surface area contributed by atoms with E-state index in [1.54, 1.807) is 0 Å². The number of benzene rings is 1. The highest BCUT2D eigenvalue weighted by molar-refractivity contribution is 7.16. The number of thiophene rings is 1. The van der Waals surface area contributed by atoms with Gasteiger partial charge >= 0.3 is 23.9 Å². The van der Waals surface area contributed by atoms with Gasteiger partial charge in [0.05, 0.1) is 0 Å². The number of hydrogen-bond acceptors (Lipinski definition) is 8. The summed E-state index contributed by atoms with van der Waals surface area (Å²) in [6.07, 6.45) is 4.87. The Morgan fingerprint density at radius 1 is 0.795 bits per heavy atom. The minimum absolute atomic E-state index is 0.00579. The lowest BCUT2D eigenvalue weighted by atomic mass is 9.95. The Kier molecular flexibility index (Phi) is 12.5. The van der Waals surface area contributed by atoms with E-state index in [1.165, 1.54) is 28.8 Å². The third kappa shape index (κ3) is 10.1. The predicted molar refractivity (Wildman–Crippen MR) is 143 cm³/mol. The molecule has 1 aromatic carbocycles. The average Bonchev–Trinajstić information content (AvgIpc) is 3.26. The van der Waals surface area contributed by atoms with E-state index in [1.807, 2.05) is 41.7 Å².